The Balaban J connectivity index is 2.13. The summed E-state index contributed by atoms with van der Waals surface area (Å²) in [5.74, 6) is -0.545. The molecule has 0 aliphatic heterocycles. The highest BCUT2D eigenvalue weighted by Crippen LogP contribution is 2.22. The molecule has 8 nitrogen and oxygen atoms in total. The second-order valence-electron chi connectivity index (χ2n) is 5.45. The zero-order valence-corrected chi connectivity index (χ0v) is 15.3. The van der Waals surface area contributed by atoms with E-state index in [4.69, 9.17) is 11.6 Å². The van der Waals surface area contributed by atoms with Gasteiger partial charge in [0.2, 0.25) is 15.9 Å². The van der Waals surface area contributed by atoms with Gasteiger partial charge in [0.05, 0.1) is 16.9 Å². The number of nitrogens with one attached hydrogen (secondary N) is 1. The number of amides is 1. The molecule has 10 heteroatoms. The van der Waals surface area contributed by atoms with Gasteiger partial charge in [-0.3, -0.25) is 19.2 Å². The van der Waals surface area contributed by atoms with E-state index in [9.17, 15) is 23.3 Å². The van der Waals surface area contributed by atoms with Gasteiger partial charge in [0.1, 0.15) is 6.54 Å². The number of hydrogen-bond donors (Lipinski definition) is 1. The third kappa shape index (κ3) is 5.43. The number of halogens is 1. The Bertz CT molecular complexity index is 916. The van der Waals surface area contributed by atoms with Gasteiger partial charge in [-0.2, -0.15) is 0 Å². The summed E-state index contributed by atoms with van der Waals surface area (Å²) in [6, 6.07) is 11.9. The van der Waals surface area contributed by atoms with Crippen LogP contribution < -0.4 is 9.62 Å². The number of carbonyl (C=O) groups is 1. The van der Waals surface area contributed by atoms with E-state index in [2.05, 4.69) is 5.32 Å². The van der Waals surface area contributed by atoms with Crippen molar-refractivity contribution in [2.75, 3.05) is 17.1 Å². The minimum atomic E-state index is -3.81. The lowest BCUT2D eigenvalue weighted by atomic mass is 10.2. The Hall–Kier alpha value is -2.65. The Morgan fingerprint density at radius 1 is 1.23 bits per heavy atom. The van der Waals surface area contributed by atoms with E-state index in [0.29, 0.717) is 5.02 Å². The zero-order chi connectivity index (χ0) is 19.3. The fourth-order valence-electron chi connectivity index (χ4n) is 2.15. The Morgan fingerprint density at radius 2 is 1.88 bits per heavy atom. The van der Waals surface area contributed by atoms with Gasteiger partial charge in [0.25, 0.3) is 5.69 Å². The number of nitro benzene ring substituents is 1. The van der Waals surface area contributed by atoms with Crippen LogP contribution in [0.5, 0.6) is 0 Å². The molecule has 0 aromatic heterocycles. The van der Waals surface area contributed by atoms with Crippen molar-refractivity contribution in [3.8, 4) is 0 Å². The third-order valence-electron chi connectivity index (χ3n) is 3.42. The molecule has 0 fully saturated rings. The predicted molar refractivity (Wildman–Crippen MR) is 98.6 cm³/mol. The molecule has 1 N–H and O–H groups in total. The summed E-state index contributed by atoms with van der Waals surface area (Å²) in [6.45, 7) is -0.296. The van der Waals surface area contributed by atoms with Crippen molar-refractivity contribution in [2.45, 2.75) is 6.54 Å². The smallest absolute Gasteiger partial charge is 0.271 e. The van der Waals surface area contributed by atoms with E-state index >= 15 is 0 Å². The quantitative estimate of drug-likeness (QED) is 0.569. The van der Waals surface area contributed by atoms with Crippen LogP contribution in [0, 0.1) is 10.1 Å². The van der Waals surface area contributed by atoms with Crippen LogP contribution >= 0.6 is 11.6 Å². The summed E-state index contributed by atoms with van der Waals surface area (Å²) >= 11 is 5.79. The SMILES string of the molecule is CS(=O)(=O)N(CC(=O)NCc1ccc(Cl)cc1)c1cccc([N+](=O)[O-])c1. The maximum atomic E-state index is 12.2. The summed E-state index contributed by atoms with van der Waals surface area (Å²) in [4.78, 5) is 22.4. The first-order chi connectivity index (χ1) is 12.2. The highest BCUT2D eigenvalue weighted by atomic mass is 35.5. The predicted octanol–water partition coefficient (Wildman–Crippen LogP) is 2.33. The molecule has 0 saturated heterocycles. The molecule has 0 atom stereocenters. The van der Waals surface area contributed by atoms with Gasteiger partial charge in [-0.15, -0.1) is 0 Å². The molecule has 0 spiro atoms. The topological polar surface area (TPSA) is 110 Å². The molecule has 1 amide bonds. The van der Waals surface area contributed by atoms with Gasteiger partial charge in [-0.1, -0.05) is 29.8 Å². The van der Waals surface area contributed by atoms with Crippen molar-refractivity contribution in [3.05, 3.63) is 69.2 Å². The molecule has 138 valence electrons. The summed E-state index contributed by atoms with van der Waals surface area (Å²) in [5.41, 5.74) is 0.574. The molecule has 0 heterocycles. The molecular weight excluding hydrogens is 382 g/mol. The molecule has 2 rings (SSSR count). The first-order valence-corrected chi connectivity index (χ1v) is 9.63. The van der Waals surface area contributed by atoms with E-state index in [-0.39, 0.29) is 17.9 Å². The fraction of sp³-hybridized carbons (Fsp3) is 0.188. The van der Waals surface area contributed by atoms with Gasteiger partial charge < -0.3 is 5.32 Å². The minimum Gasteiger partial charge on any atom is -0.350 e. The van der Waals surface area contributed by atoms with Crippen molar-refractivity contribution in [1.29, 1.82) is 0 Å². The maximum absolute atomic E-state index is 12.2. The molecule has 0 saturated carbocycles. The monoisotopic (exact) mass is 397 g/mol. The Kier molecular flexibility index (Phi) is 6.17. The van der Waals surface area contributed by atoms with Crippen LogP contribution in [0.4, 0.5) is 11.4 Å². The molecule has 0 unspecified atom stereocenters. The van der Waals surface area contributed by atoms with E-state index < -0.39 is 27.4 Å². The first-order valence-electron chi connectivity index (χ1n) is 7.40. The normalized spacial score (nSPS) is 11.0. The second-order valence-corrected chi connectivity index (χ2v) is 7.79. The number of anilines is 1. The standard InChI is InChI=1S/C16H16ClN3O5S/c1-26(24,25)19(14-3-2-4-15(9-14)20(22)23)11-16(21)18-10-12-5-7-13(17)8-6-12/h2-9H,10-11H2,1H3,(H,18,21). The number of hydrogen-bond acceptors (Lipinski definition) is 5. The van der Waals surface area contributed by atoms with E-state index in [1.165, 1.54) is 18.2 Å². The van der Waals surface area contributed by atoms with Crippen LogP contribution in [0.15, 0.2) is 48.5 Å². The summed E-state index contributed by atoms with van der Waals surface area (Å²) in [5, 5.41) is 14.0. The van der Waals surface area contributed by atoms with Crippen molar-refractivity contribution < 1.29 is 18.1 Å². The van der Waals surface area contributed by atoms with Crippen molar-refractivity contribution in [3.63, 3.8) is 0 Å². The number of nitrogens with zero attached hydrogens (tertiary/aromatic N) is 2. The average Bonchev–Trinajstić information content (AvgIpc) is 2.58. The molecule has 26 heavy (non-hydrogen) atoms. The lowest BCUT2D eigenvalue weighted by molar-refractivity contribution is -0.384. The lowest BCUT2D eigenvalue weighted by Gasteiger charge is -2.21. The van der Waals surface area contributed by atoms with Crippen molar-refractivity contribution in [1.82, 2.24) is 5.32 Å². The average molecular weight is 398 g/mol. The fourth-order valence-corrected chi connectivity index (χ4v) is 3.13. The van der Waals surface area contributed by atoms with Crippen molar-refractivity contribution >= 4 is 38.9 Å². The largest absolute Gasteiger partial charge is 0.350 e. The van der Waals surface area contributed by atoms with Gasteiger partial charge >= 0.3 is 0 Å². The second kappa shape index (κ2) is 8.15. The molecule has 2 aromatic rings. The number of rotatable bonds is 7. The van der Waals surface area contributed by atoms with Crippen molar-refractivity contribution in [2.24, 2.45) is 0 Å². The van der Waals surface area contributed by atoms with Crippen LogP contribution in [-0.4, -0.2) is 32.0 Å². The molecule has 0 radical (unpaired) electrons. The molecule has 0 aliphatic carbocycles. The van der Waals surface area contributed by atoms with E-state index in [1.807, 2.05) is 0 Å². The number of nitro groups is 1. The number of benzene rings is 2. The number of non-ortho nitro benzene ring substituents is 1. The summed E-state index contributed by atoms with van der Waals surface area (Å²) in [7, 11) is -3.81. The summed E-state index contributed by atoms with van der Waals surface area (Å²) in [6.07, 6.45) is 0.929. The van der Waals surface area contributed by atoms with Crippen LogP contribution in [-0.2, 0) is 21.4 Å². The van der Waals surface area contributed by atoms with Gasteiger partial charge in [-0.25, -0.2) is 8.42 Å². The molecule has 0 bridgehead atoms. The highest BCUT2D eigenvalue weighted by molar-refractivity contribution is 7.92. The van der Waals surface area contributed by atoms with Crippen LogP contribution in [0.1, 0.15) is 5.56 Å². The molecule has 0 aliphatic rings. The van der Waals surface area contributed by atoms with E-state index in [0.717, 1.165) is 22.2 Å². The molecular formula is C16H16ClN3O5S. The zero-order valence-electron chi connectivity index (χ0n) is 13.8. The summed E-state index contributed by atoms with van der Waals surface area (Å²) < 4.78 is 24.9. The Morgan fingerprint density at radius 3 is 2.46 bits per heavy atom. The van der Waals surface area contributed by atoms with Crippen LogP contribution in [0.2, 0.25) is 5.02 Å². The van der Waals surface area contributed by atoms with Crippen LogP contribution in [0.3, 0.4) is 0 Å². The highest BCUT2D eigenvalue weighted by Gasteiger charge is 2.22. The first kappa shape index (κ1) is 19.7. The van der Waals surface area contributed by atoms with Gasteiger partial charge in [-0.05, 0) is 23.8 Å². The number of sulfonamides is 1. The van der Waals surface area contributed by atoms with E-state index in [1.54, 1.807) is 24.3 Å². The lowest BCUT2D eigenvalue weighted by Crippen LogP contribution is -2.40. The number of carbonyl (C=O) groups excluding carboxylic acids is 1. The molecule has 2 aromatic carbocycles. The van der Waals surface area contributed by atoms with Crippen LogP contribution in [0.25, 0.3) is 0 Å². The maximum Gasteiger partial charge on any atom is 0.271 e. The minimum absolute atomic E-state index is 0.0448. The Labute approximate surface area is 155 Å². The van der Waals surface area contributed by atoms with Gasteiger partial charge in [0, 0.05) is 23.7 Å². The van der Waals surface area contributed by atoms with Gasteiger partial charge in [0.15, 0.2) is 0 Å². The third-order valence-corrected chi connectivity index (χ3v) is 4.81.